The van der Waals surface area contributed by atoms with Gasteiger partial charge in [0.1, 0.15) is 12.4 Å². The highest BCUT2D eigenvalue weighted by Gasteiger charge is 2.33. The van der Waals surface area contributed by atoms with Gasteiger partial charge in [-0.1, -0.05) is 104 Å². The Morgan fingerprint density at radius 1 is 0.585 bits per heavy atom. The van der Waals surface area contributed by atoms with Crippen LogP contribution in [-0.2, 0) is 6.61 Å². The summed E-state index contributed by atoms with van der Waals surface area (Å²) in [7, 11) is 0. The Morgan fingerprint density at radius 3 is 1.66 bits per heavy atom. The minimum Gasteiger partial charge on any atom is -0.489 e. The van der Waals surface area contributed by atoms with Crippen molar-refractivity contribution in [1.29, 1.82) is 0 Å². The van der Waals surface area contributed by atoms with Gasteiger partial charge in [0.25, 0.3) is 0 Å². The summed E-state index contributed by atoms with van der Waals surface area (Å²) in [5.74, 6) is 1.06. The average Bonchev–Trinajstić information content (AvgIpc) is 3.00. The highest BCUT2D eigenvalue weighted by atomic mass is 32.2. The first-order chi connectivity index (χ1) is 20.0. The predicted molar refractivity (Wildman–Crippen MR) is 166 cm³/mol. The highest BCUT2D eigenvalue weighted by molar-refractivity contribution is 7.99. The lowest BCUT2D eigenvalue weighted by atomic mass is 9.84. The predicted octanol–water partition coefficient (Wildman–Crippen LogP) is 9.47. The molecular formula is C36H28O3S2. The fourth-order valence-corrected chi connectivity index (χ4v) is 6.84. The molecule has 0 aliphatic heterocycles. The zero-order chi connectivity index (χ0) is 28.3. The van der Waals surface area contributed by atoms with E-state index in [4.69, 9.17) is 4.74 Å². The molecule has 0 saturated carbocycles. The Labute approximate surface area is 249 Å². The SMILES string of the molecule is CC(C)c1ccc(COc2ccc(Sc3cccc4c3C(=O)c3cccc(Sc5ccccc5)c3C4=O)cc2)cc1. The van der Waals surface area contributed by atoms with Crippen LogP contribution in [0.4, 0.5) is 0 Å². The van der Waals surface area contributed by atoms with Crippen molar-refractivity contribution in [2.24, 2.45) is 0 Å². The van der Waals surface area contributed by atoms with Crippen molar-refractivity contribution in [1.82, 2.24) is 0 Å². The quantitative estimate of drug-likeness (QED) is 0.182. The molecule has 5 aromatic carbocycles. The van der Waals surface area contributed by atoms with Gasteiger partial charge in [-0.25, -0.2) is 0 Å². The molecule has 0 saturated heterocycles. The number of carbonyl (C=O) groups excluding carboxylic acids is 2. The Morgan fingerprint density at radius 2 is 1.12 bits per heavy atom. The van der Waals surface area contributed by atoms with Gasteiger partial charge < -0.3 is 4.74 Å². The number of fused-ring (bicyclic) bond motifs is 2. The second-order valence-corrected chi connectivity index (χ2v) is 12.4. The lowest BCUT2D eigenvalue weighted by Crippen LogP contribution is -2.22. The van der Waals surface area contributed by atoms with Crippen LogP contribution in [0.25, 0.3) is 0 Å². The van der Waals surface area contributed by atoms with Crippen molar-refractivity contribution in [2.45, 2.75) is 46.0 Å². The number of ketones is 2. The smallest absolute Gasteiger partial charge is 0.195 e. The van der Waals surface area contributed by atoms with Gasteiger partial charge in [0.15, 0.2) is 11.6 Å². The first-order valence-corrected chi connectivity index (χ1v) is 15.2. The van der Waals surface area contributed by atoms with Crippen LogP contribution < -0.4 is 4.74 Å². The van der Waals surface area contributed by atoms with Crippen LogP contribution in [0.5, 0.6) is 5.75 Å². The van der Waals surface area contributed by atoms with Gasteiger partial charge in [0.05, 0.1) is 0 Å². The van der Waals surface area contributed by atoms with E-state index in [1.807, 2.05) is 78.9 Å². The molecule has 0 heterocycles. The molecule has 5 aromatic rings. The van der Waals surface area contributed by atoms with Gasteiger partial charge in [-0.05, 0) is 65.6 Å². The minimum atomic E-state index is -0.114. The highest BCUT2D eigenvalue weighted by Crippen LogP contribution is 2.41. The summed E-state index contributed by atoms with van der Waals surface area (Å²) in [5.41, 5.74) is 4.31. The maximum atomic E-state index is 13.8. The third-order valence-electron chi connectivity index (χ3n) is 7.07. The van der Waals surface area contributed by atoms with Gasteiger partial charge in [-0.15, -0.1) is 0 Å². The van der Waals surface area contributed by atoms with Crippen LogP contribution in [0.3, 0.4) is 0 Å². The standard InChI is InChI=1S/C36H28O3S2/c1-23(2)25-16-14-24(15-17-25)22-39-26-18-20-28(21-19-26)41-32-13-7-11-30-34(32)36(38)29-10-6-12-31(33(29)35(30)37)40-27-8-4-3-5-9-27/h3-21,23H,22H2,1-2H3. The molecule has 0 fully saturated rings. The van der Waals surface area contributed by atoms with E-state index in [9.17, 15) is 9.59 Å². The van der Waals surface area contributed by atoms with Crippen molar-refractivity contribution in [3.63, 3.8) is 0 Å². The molecule has 41 heavy (non-hydrogen) atoms. The van der Waals surface area contributed by atoms with Gasteiger partial charge in [-0.2, -0.15) is 0 Å². The summed E-state index contributed by atoms with van der Waals surface area (Å²) < 4.78 is 6.00. The summed E-state index contributed by atoms with van der Waals surface area (Å²) >= 11 is 2.99. The monoisotopic (exact) mass is 572 g/mol. The molecular weight excluding hydrogens is 545 g/mol. The van der Waals surface area contributed by atoms with Crippen LogP contribution >= 0.6 is 23.5 Å². The minimum absolute atomic E-state index is 0.110. The van der Waals surface area contributed by atoms with Crippen LogP contribution in [0, 0.1) is 0 Å². The average molecular weight is 573 g/mol. The van der Waals surface area contributed by atoms with Gasteiger partial charge in [0, 0.05) is 41.8 Å². The third-order valence-corrected chi connectivity index (χ3v) is 9.21. The molecule has 0 amide bonds. The van der Waals surface area contributed by atoms with Crippen molar-refractivity contribution in [2.75, 3.05) is 0 Å². The van der Waals surface area contributed by atoms with Crippen molar-refractivity contribution in [3.8, 4) is 5.75 Å². The molecule has 0 radical (unpaired) electrons. The van der Waals surface area contributed by atoms with Gasteiger partial charge in [0.2, 0.25) is 0 Å². The second kappa shape index (κ2) is 11.8. The molecule has 0 unspecified atom stereocenters. The van der Waals surface area contributed by atoms with Gasteiger partial charge >= 0.3 is 0 Å². The van der Waals surface area contributed by atoms with E-state index < -0.39 is 0 Å². The van der Waals surface area contributed by atoms with Crippen LogP contribution in [-0.4, -0.2) is 11.6 Å². The maximum Gasteiger partial charge on any atom is 0.195 e. The summed E-state index contributed by atoms with van der Waals surface area (Å²) in [6, 6.07) is 37.3. The molecule has 6 rings (SSSR count). The summed E-state index contributed by atoms with van der Waals surface area (Å²) in [4.78, 5) is 31.1. The van der Waals surface area contributed by atoms with E-state index in [1.54, 1.807) is 12.1 Å². The molecule has 0 spiro atoms. The van der Waals surface area contributed by atoms with Crippen LogP contribution in [0.1, 0.15) is 62.7 Å². The van der Waals surface area contributed by atoms with E-state index in [0.29, 0.717) is 34.8 Å². The molecule has 0 aromatic heterocycles. The number of hydrogen-bond acceptors (Lipinski definition) is 5. The number of rotatable bonds is 8. The van der Waals surface area contributed by atoms with E-state index in [-0.39, 0.29) is 11.6 Å². The van der Waals surface area contributed by atoms with Gasteiger partial charge in [-0.3, -0.25) is 9.59 Å². The number of ether oxygens (including phenoxy) is 1. The largest absolute Gasteiger partial charge is 0.489 e. The van der Waals surface area contributed by atoms with E-state index in [1.165, 1.54) is 29.1 Å². The Balaban J connectivity index is 1.20. The topological polar surface area (TPSA) is 43.4 Å². The molecule has 1 aliphatic rings. The maximum absolute atomic E-state index is 13.8. The summed E-state index contributed by atoms with van der Waals surface area (Å²) in [6.07, 6.45) is 0. The Bertz CT molecular complexity index is 1720. The zero-order valence-corrected chi connectivity index (χ0v) is 24.4. The lowest BCUT2D eigenvalue weighted by Gasteiger charge is -2.22. The summed E-state index contributed by atoms with van der Waals surface area (Å²) in [5, 5.41) is 0. The number of hydrogen-bond donors (Lipinski definition) is 0. The molecule has 5 heteroatoms. The molecule has 3 nitrogen and oxygen atoms in total. The molecule has 1 aliphatic carbocycles. The number of benzene rings is 5. The molecule has 0 bridgehead atoms. The molecule has 0 N–H and O–H groups in total. The first kappa shape index (κ1) is 27.1. The Hall–Kier alpha value is -4.06. The fraction of sp³-hybridized carbons (Fsp3) is 0.111. The van der Waals surface area contributed by atoms with E-state index in [0.717, 1.165) is 30.9 Å². The normalized spacial score (nSPS) is 12.3. The number of carbonyl (C=O) groups is 2. The van der Waals surface area contributed by atoms with Crippen LogP contribution in [0.15, 0.2) is 135 Å². The lowest BCUT2D eigenvalue weighted by molar-refractivity contribution is 0.0974. The third kappa shape index (κ3) is 5.74. The second-order valence-electron chi connectivity index (χ2n) is 10.2. The van der Waals surface area contributed by atoms with Crippen molar-refractivity contribution >= 4 is 35.1 Å². The molecule has 202 valence electrons. The summed E-state index contributed by atoms with van der Waals surface area (Å²) in [6.45, 7) is 4.87. The van der Waals surface area contributed by atoms with Crippen molar-refractivity contribution < 1.29 is 14.3 Å². The Kier molecular flexibility index (Phi) is 7.82. The molecule has 0 atom stereocenters. The van der Waals surface area contributed by atoms with E-state index >= 15 is 0 Å². The fourth-order valence-electron chi connectivity index (χ4n) is 4.86. The first-order valence-electron chi connectivity index (χ1n) is 13.6. The van der Waals surface area contributed by atoms with Crippen LogP contribution in [0.2, 0.25) is 0 Å². The van der Waals surface area contributed by atoms with E-state index in [2.05, 4.69) is 38.1 Å². The zero-order valence-electron chi connectivity index (χ0n) is 22.8. The van der Waals surface area contributed by atoms with Crippen molar-refractivity contribution in [3.05, 3.63) is 149 Å².